The first-order valence-corrected chi connectivity index (χ1v) is 9.50. The average Bonchev–Trinajstić information content (AvgIpc) is 2.60. The number of anilines is 1. The van der Waals surface area contributed by atoms with Gasteiger partial charge in [-0.2, -0.15) is 5.26 Å². The highest BCUT2D eigenvalue weighted by atomic mass is 32.2. The van der Waals surface area contributed by atoms with Crippen molar-refractivity contribution >= 4 is 21.6 Å². The minimum Gasteiger partial charge on any atom is -0.326 e. The minimum absolute atomic E-state index is 0.0500. The van der Waals surface area contributed by atoms with E-state index in [9.17, 15) is 22.0 Å². The molecular formula is C18H17F2N3O3S. The third kappa shape index (κ3) is 6.13. The van der Waals surface area contributed by atoms with Crippen LogP contribution in [0.25, 0.3) is 0 Å². The number of amides is 1. The Morgan fingerprint density at radius 3 is 2.44 bits per heavy atom. The lowest BCUT2D eigenvalue weighted by Crippen LogP contribution is -2.26. The second kappa shape index (κ2) is 9.21. The van der Waals surface area contributed by atoms with E-state index in [-0.39, 0.29) is 31.7 Å². The quantitative estimate of drug-likeness (QED) is 0.674. The molecule has 0 aromatic heterocycles. The molecular weight excluding hydrogens is 376 g/mol. The Labute approximate surface area is 155 Å². The molecule has 0 unspecified atom stereocenters. The van der Waals surface area contributed by atoms with Crippen LogP contribution in [0.5, 0.6) is 0 Å². The van der Waals surface area contributed by atoms with Crippen molar-refractivity contribution < 1.29 is 22.0 Å². The molecule has 2 rings (SSSR count). The lowest BCUT2D eigenvalue weighted by molar-refractivity contribution is -0.116. The Balaban J connectivity index is 1.80. The van der Waals surface area contributed by atoms with Crippen molar-refractivity contribution in [2.75, 3.05) is 11.9 Å². The third-order valence-corrected chi connectivity index (χ3v) is 5.07. The van der Waals surface area contributed by atoms with Gasteiger partial charge in [0.25, 0.3) is 0 Å². The molecule has 0 saturated heterocycles. The fraction of sp³-hybridized carbons (Fsp3) is 0.222. The van der Waals surface area contributed by atoms with Gasteiger partial charge in [0.2, 0.25) is 15.9 Å². The summed E-state index contributed by atoms with van der Waals surface area (Å²) in [6, 6.07) is 11.0. The fourth-order valence-electron chi connectivity index (χ4n) is 2.25. The molecule has 0 saturated carbocycles. The minimum atomic E-state index is -4.12. The average molecular weight is 393 g/mol. The number of carbonyl (C=O) groups excluding carboxylic acids is 1. The lowest BCUT2D eigenvalue weighted by atomic mass is 10.1. The van der Waals surface area contributed by atoms with Gasteiger partial charge in [-0.1, -0.05) is 12.1 Å². The Hall–Kier alpha value is -2.83. The van der Waals surface area contributed by atoms with Crippen LogP contribution < -0.4 is 10.0 Å². The smallest absolute Gasteiger partial charge is 0.243 e. The summed E-state index contributed by atoms with van der Waals surface area (Å²) in [7, 11) is -4.12. The van der Waals surface area contributed by atoms with E-state index in [1.54, 1.807) is 24.3 Å². The number of halogens is 2. The molecule has 0 atom stereocenters. The molecule has 0 heterocycles. The van der Waals surface area contributed by atoms with Gasteiger partial charge in [-0.05, 0) is 36.2 Å². The van der Waals surface area contributed by atoms with Crippen molar-refractivity contribution in [2.45, 2.75) is 24.2 Å². The maximum absolute atomic E-state index is 13.6. The van der Waals surface area contributed by atoms with Crippen molar-refractivity contribution in [3.8, 4) is 6.07 Å². The Bertz CT molecular complexity index is 955. The molecule has 1 amide bonds. The van der Waals surface area contributed by atoms with Crippen LogP contribution in [-0.4, -0.2) is 20.9 Å². The van der Waals surface area contributed by atoms with Gasteiger partial charge in [0.15, 0.2) is 0 Å². The number of carbonyl (C=O) groups is 1. The SMILES string of the molecule is N#CCc1ccc(NC(=O)CCCNS(=O)(=O)c2ccc(F)cc2F)cc1. The van der Waals surface area contributed by atoms with Crippen LogP contribution in [0.3, 0.4) is 0 Å². The number of hydrogen-bond donors (Lipinski definition) is 2. The number of hydrogen-bond acceptors (Lipinski definition) is 4. The van der Waals surface area contributed by atoms with Crippen molar-refractivity contribution in [2.24, 2.45) is 0 Å². The van der Waals surface area contributed by atoms with Crippen molar-refractivity contribution in [1.29, 1.82) is 5.26 Å². The second-order valence-electron chi connectivity index (χ2n) is 5.66. The van der Waals surface area contributed by atoms with Crippen LogP contribution in [0.4, 0.5) is 14.5 Å². The number of nitriles is 1. The van der Waals surface area contributed by atoms with Crippen LogP contribution in [-0.2, 0) is 21.2 Å². The first kappa shape index (κ1) is 20.5. The second-order valence-corrected chi connectivity index (χ2v) is 7.39. The Morgan fingerprint density at radius 1 is 1.11 bits per heavy atom. The van der Waals surface area contributed by atoms with E-state index in [0.717, 1.165) is 17.7 Å². The van der Waals surface area contributed by atoms with E-state index >= 15 is 0 Å². The van der Waals surface area contributed by atoms with Crippen LogP contribution in [0, 0.1) is 23.0 Å². The summed E-state index contributed by atoms with van der Waals surface area (Å²) in [5.41, 5.74) is 1.40. The van der Waals surface area contributed by atoms with Gasteiger partial charge >= 0.3 is 0 Å². The van der Waals surface area contributed by atoms with Gasteiger partial charge in [-0.25, -0.2) is 21.9 Å². The van der Waals surface area contributed by atoms with Crippen molar-refractivity contribution in [3.05, 3.63) is 59.7 Å². The van der Waals surface area contributed by atoms with Crippen molar-refractivity contribution in [1.82, 2.24) is 4.72 Å². The summed E-state index contributed by atoms with van der Waals surface area (Å²) in [6.45, 7) is -0.0757. The highest BCUT2D eigenvalue weighted by Gasteiger charge is 2.19. The van der Waals surface area contributed by atoms with Crippen LogP contribution in [0.15, 0.2) is 47.4 Å². The summed E-state index contributed by atoms with van der Waals surface area (Å²) in [4.78, 5) is 11.2. The predicted molar refractivity (Wildman–Crippen MR) is 95.2 cm³/mol. The number of sulfonamides is 1. The summed E-state index contributed by atoms with van der Waals surface area (Å²) in [5, 5.41) is 11.3. The molecule has 0 spiro atoms. The summed E-state index contributed by atoms with van der Waals surface area (Å²) >= 11 is 0. The van der Waals surface area contributed by atoms with Crippen molar-refractivity contribution in [3.63, 3.8) is 0 Å². The lowest BCUT2D eigenvalue weighted by Gasteiger charge is -2.08. The molecule has 27 heavy (non-hydrogen) atoms. The standard InChI is InChI=1S/C18H17F2N3O3S/c19-14-5-8-17(16(20)12-14)27(25,26)22-11-1-2-18(24)23-15-6-3-13(4-7-15)9-10-21/h3-8,12,22H,1-2,9,11H2,(H,23,24). The van der Waals surface area contributed by atoms with Crippen LogP contribution in [0.2, 0.25) is 0 Å². The monoisotopic (exact) mass is 393 g/mol. The third-order valence-electron chi connectivity index (χ3n) is 3.58. The maximum Gasteiger partial charge on any atom is 0.243 e. The molecule has 2 aromatic rings. The molecule has 2 N–H and O–H groups in total. The highest BCUT2D eigenvalue weighted by molar-refractivity contribution is 7.89. The van der Waals surface area contributed by atoms with E-state index < -0.39 is 26.6 Å². The molecule has 2 aromatic carbocycles. The molecule has 0 aliphatic carbocycles. The largest absolute Gasteiger partial charge is 0.326 e. The fourth-order valence-corrected chi connectivity index (χ4v) is 3.38. The summed E-state index contributed by atoms with van der Waals surface area (Å²) in [6.07, 6.45) is 0.526. The van der Waals surface area contributed by atoms with Gasteiger partial charge in [0.1, 0.15) is 16.5 Å². The Kier molecular flexibility index (Phi) is 6.98. The normalized spacial score (nSPS) is 11.0. The van der Waals surface area contributed by atoms with Gasteiger partial charge in [-0.3, -0.25) is 4.79 Å². The first-order chi connectivity index (χ1) is 12.8. The van der Waals surface area contributed by atoms with E-state index in [1.807, 2.05) is 6.07 Å². The molecule has 142 valence electrons. The number of nitrogens with zero attached hydrogens (tertiary/aromatic N) is 1. The molecule has 0 bridgehead atoms. The first-order valence-electron chi connectivity index (χ1n) is 8.02. The molecule has 0 aliphatic rings. The number of rotatable bonds is 8. The van der Waals surface area contributed by atoms with Gasteiger partial charge in [-0.15, -0.1) is 0 Å². The van der Waals surface area contributed by atoms with E-state index in [4.69, 9.17) is 5.26 Å². The van der Waals surface area contributed by atoms with Crippen LogP contribution >= 0.6 is 0 Å². The van der Waals surface area contributed by atoms with Crippen LogP contribution in [0.1, 0.15) is 18.4 Å². The summed E-state index contributed by atoms with van der Waals surface area (Å²) in [5.74, 6) is -2.36. The topological polar surface area (TPSA) is 99.1 Å². The molecule has 9 heteroatoms. The Morgan fingerprint density at radius 2 is 1.81 bits per heavy atom. The van der Waals surface area contributed by atoms with E-state index in [2.05, 4.69) is 10.0 Å². The molecule has 0 radical (unpaired) electrons. The number of benzene rings is 2. The maximum atomic E-state index is 13.6. The van der Waals surface area contributed by atoms with E-state index in [1.165, 1.54) is 0 Å². The zero-order valence-corrected chi connectivity index (χ0v) is 15.0. The zero-order valence-electron chi connectivity index (χ0n) is 14.2. The van der Waals surface area contributed by atoms with Gasteiger partial charge in [0, 0.05) is 24.7 Å². The highest BCUT2D eigenvalue weighted by Crippen LogP contribution is 2.15. The zero-order chi connectivity index (χ0) is 19.9. The predicted octanol–water partition coefficient (Wildman–Crippen LogP) is 2.73. The van der Waals surface area contributed by atoms with Gasteiger partial charge in [0.05, 0.1) is 12.5 Å². The van der Waals surface area contributed by atoms with E-state index in [0.29, 0.717) is 11.8 Å². The van der Waals surface area contributed by atoms with Gasteiger partial charge < -0.3 is 5.32 Å². The summed E-state index contributed by atoms with van der Waals surface area (Å²) < 4.78 is 52.6. The molecule has 6 nitrogen and oxygen atoms in total. The molecule has 0 aliphatic heterocycles. The molecule has 0 fully saturated rings. The number of nitrogens with one attached hydrogen (secondary N) is 2.